The van der Waals surface area contributed by atoms with E-state index < -0.39 is 17.7 Å². The number of hydrogen-bond donors (Lipinski definition) is 1. The van der Waals surface area contributed by atoms with Crippen LogP contribution in [0.25, 0.3) is 0 Å². The van der Waals surface area contributed by atoms with Gasteiger partial charge in [-0.05, 0) is 56.2 Å². The average Bonchev–Trinajstić information content (AvgIpc) is 2.98. The summed E-state index contributed by atoms with van der Waals surface area (Å²) >= 11 is 0. The Hall–Kier alpha value is -4.49. The quantitative estimate of drug-likeness (QED) is 0.201. The Bertz CT molecular complexity index is 1360. The van der Waals surface area contributed by atoms with Crippen molar-refractivity contribution in [1.29, 1.82) is 0 Å². The molecule has 4 aromatic carbocycles. The molecule has 1 atom stereocenters. The summed E-state index contributed by atoms with van der Waals surface area (Å²) in [4.78, 5) is 13.2. The van der Waals surface area contributed by atoms with Crippen LogP contribution in [0.2, 0.25) is 0 Å². The van der Waals surface area contributed by atoms with Crippen LogP contribution in [0.3, 0.4) is 0 Å². The van der Waals surface area contributed by atoms with Crippen LogP contribution in [-0.2, 0) is 18.0 Å². The molecular formula is C34H36O7. The van der Waals surface area contributed by atoms with Crippen LogP contribution in [0.1, 0.15) is 59.5 Å². The number of rotatable bonds is 11. The van der Waals surface area contributed by atoms with Crippen molar-refractivity contribution >= 4 is 5.97 Å². The molecule has 4 aromatic rings. The molecule has 0 saturated heterocycles. The molecule has 7 nitrogen and oxygen atoms in total. The van der Waals surface area contributed by atoms with Crippen LogP contribution in [-0.4, -0.2) is 30.9 Å². The van der Waals surface area contributed by atoms with Gasteiger partial charge in [0.05, 0.1) is 30.9 Å². The van der Waals surface area contributed by atoms with E-state index in [4.69, 9.17) is 23.7 Å². The van der Waals surface area contributed by atoms with Crippen molar-refractivity contribution in [1.82, 2.24) is 0 Å². The van der Waals surface area contributed by atoms with Crippen molar-refractivity contribution in [3.8, 4) is 23.0 Å². The minimum Gasteiger partial charge on any atom is -0.496 e. The normalized spacial score (nSPS) is 11.9. The van der Waals surface area contributed by atoms with Crippen LogP contribution in [0.15, 0.2) is 91.0 Å². The van der Waals surface area contributed by atoms with Gasteiger partial charge in [-0.25, -0.2) is 4.79 Å². The number of ether oxygens (including phenoxy) is 5. The summed E-state index contributed by atoms with van der Waals surface area (Å²) in [6.07, 6.45) is -1.29. The first-order valence-corrected chi connectivity index (χ1v) is 13.3. The number of benzene rings is 4. The summed E-state index contributed by atoms with van der Waals surface area (Å²) in [5.41, 5.74) is 2.07. The van der Waals surface area contributed by atoms with E-state index in [0.717, 1.165) is 11.1 Å². The summed E-state index contributed by atoms with van der Waals surface area (Å²) in [6, 6.07) is 27.7. The molecule has 0 bridgehead atoms. The predicted octanol–water partition coefficient (Wildman–Crippen LogP) is 6.90. The zero-order valence-electron chi connectivity index (χ0n) is 24.0. The van der Waals surface area contributed by atoms with E-state index >= 15 is 0 Å². The van der Waals surface area contributed by atoms with Crippen LogP contribution >= 0.6 is 0 Å². The molecule has 0 heterocycles. The lowest BCUT2D eigenvalue weighted by Crippen LogP contribution is -2.24. The smallest absolute Gasteiger partial charge is 0.338 e. The maximum Gasteiger partial charge on any atom is 0.338 e. The fourth-order valence-corrected chi connectivity index (χ4v) is 4.33. The van der Waals surface area contributed by atoms with Gasteiger partial charge in [-0.2, -0.15) is 0 Å². The van der Waals surface area contributed by atoms with Gasteiger partial charge in [0.15, 0.2) is 0 Å². The molecule has 0 radical (unpaired) electrons. The van der Waals surface area contributed by atoms with E-state index in [2.05, 4.69) is 0 Å². The van der Waals surface area contributed by atoms with Crippen molar-refractivity contribution < 1.29 is 33.6 Å². The first kappa shape index (κ1) is 29.5. The van der Waals surface area contributed by atoms with Crippen LogP contribution in [0.4, 0.5) is 0 Å². The molecule has 0 spiro atoms. The molecule has 0 aliphatic carbocycles. The summed E-state index contributed by atoms with van der Waals surface area (Å²) in [5, 5.41) is 12.0. The third-order valence-electron chi connectivity index (χ3n) is 6.23. The van der Waals surface area contributed by atoms with Gasteiger partial charge in [-0.1, -0.05) is 66.7 Å². The van der Waals surface area contributed by atoms with Gasteiger partial charge in [0.25, 0.3) is 0 Å². The van der Waals surface area contributed by atoms with Crippen molar-refractivity contribution in [3.05, 3.63) is 119 Å². The lowest BCUT2D eigenvalue weighted by atomic mass is 9.96. The fraction of sp³-hybridized carbons (Fsp3) is 0.265. The maximum absolute atomic E-state index is 13.2. The molecule has 1 N–H and O–H groups in total. The predicted molar refractivity (Wildman–Crippen MR) is 157 cm³/mol. The first-order valence-electron chi connectivity index (χ1n) is 13.3. The van der Waals surface area contributed by atoms with Gasteiger partial charge in [-0.3, -0.25) is 0 Å². The molecule has 0 aliphatic rings. The van der Waals surface area contributed by atoms with Crippen molar-refractivity contribution in [2.24, 2.45) is 0 Å². The molecule has 0 aromatic heterocycles. The molecule has 214 valence electrons. The zero-order chi connectivity index (χ0) is 29.4. The maximum atomic E-state index is 13.2. The van der Waals surface area contributed by atoms with Gasteiger partial charge in [0.2, 0.25) is 0 Å². The van der Waals surface area contributed by atoms with Crippen LogP contribution in [0.5, 0.6) is 23.0 Å². The summed E-state index contributed by atoms with van der Waals surface area (Å²) in [5.74, 6) is 0.844. The number of methoxy groups -OCH3 is 2. The third kappa shape index (κ3) is 7.58. The van der Waals surface area contributed by atoms with E-state index in [0.29, 0.717) is 22.6 Å². The third-order valence-corrected chi connectivity index (χ3v) is 6.23. The number of aliphatic hydroxyl groups is 1. The SMILES string of the molecule is COc1cccc(OC)c1C(O)c1c(OCc2ccccc2)cc(C(=O)OC(C)(C)C)cc1OCc1ccccc1. The highest BCUT2D eigenvalue weighted by Crippen LogP contribution is 2.45. The number of carbonyl (C=O) groups excluding carboxylic acids is 1. The summed E-state index contributed by atoms with van der Waals surface area (Å²) < 4.78 is 29.4. The number of carbonyl (C=O) groups is 1. The van der Waals surface area contributed by atoms with Crippen LogP contribution < -0.4 is 18.9 Å². The Morgan fingerprint density at radius 3 is 1.54 bits per heavy atom. The van der Waals surface area contributed by atoms with Crippen molar-refractivity contribution in [3.63, 3.8) is 0 Å². The van der Waals surface area contributed by atoms with Gasteiger partial charge < -0.3 is 28.8 Å². The van der Waals surface area contributed by atoms with E-state index in [1.807, 2.05) is 60.7 Å². The molecule has 1 unspecified atom stereocenters. The minimum absolute atomic E-state index is 0.194. The first-order chi connectivity index (χ1) is 19.7. The Morgan fingerprint density at radius 1 is 0.683 bits per heavy atom. The van der Waals surface area contributed by atoms with Crippen LogP contribution in [0, 0.1) is 0 Å². The largest absolute Gasteiger partial charge is 0.496 e. The number of hydrogen-bond acceptors (Lipinski definition) is 7. The minimum atomic E-state index is -1.29. The van der Waals surface area contributed by atoms with Gasteiger partial charge >= 0.3 is 5.97 Å². The van der Waals surface area contributed by atoms with E-state index in [9.17, 15) is 9.90 Å². The lowest BCUT2D eigenvalue weighted by Gasteiger charge is -2.25. The fourth-order valence-electron chi connectivity index (χ4n) is 4.33. The Balaban J connectivity index is 1.88. The lowest BCUT2D eigenvalue weighted by molar-refractivity contribution is 0.00682. The second kappa shape index (κ2) is 13.2. The van der Waals surface area contributed by atoms with Crippen molar-refractivity contribution in [2.75, 3.05) is 14.2 Å². The zero-order valence-corrected chi connectivity index (χ0v) is 24.0. The van der Waals surface area contributed by atoms with E-state index in [-0.39, 0.29) is 30.3 Å². The summed E-state index contributed by atoms with van der Waals surface area (Å²) in [6.45, 7) is 5.79. The van der Waals surface area contributed by atoms with Gasteiger partial charge in [0.1, 0.15) is 47.9 Å². The van der Waals surface area contributed by atoms with E-state index in [1.165, 1.54) is 14.2 Å². The Morgan fingerprint density at radius 2 is 1.12 bits per heavy atom. The highest BCUT2D eigenvalue weighted by Gasteiger charge is 2.30. The molecule has 0 amide bonds. The second-order valence-corrected chi connectivity index (χ2v) is 10.4. The molecular weight excluding hydrogens is 520 g/mol. The molecule has 0 aliphatic heterocycles. The Kier molecular flexibility index (Phi) is 9.53. The molecule has 41 heavy (non-hydrogen) atoms. The molecule has 0 saturated carbocycles. The standard InChI is InChI=1S/C34H36O7/c1-34(2,3)41-33(36)25-19-28(39-21-23-13-8-6-9-14-23)31(29(20-25)40-22-24-15-10-7-11-16-24)32(35)30-26(37-4)17-12-18-27(30)38-5/h6-20,32,35H,21-22H2,1-5H3. The molecule has 7 heteroatoms. The van der Waals surface area contributed by atoms with Gasteiger partial charge in [0, 0.05) is 0 Å². The number of esters is 1. The van der Waals surface area contributed by atoms with E-state index in [1.54, 1.807) is 51.1 Å². The highest BCUT2D eigenvalue weighted by molar-refractivity contribution is 5.91. The second-order valence-electron chi connectivity index (χ2n) is 10.4. The number of aliphatic hydroxyl groups excluding tert-OH is 1. The monoisotopic (exact) mass is 556 g/mol. The Labute approximate surface area is 241 Å². The summed E-state index contributed by atoms with van der Waals surface area (Å²) in [7, 11) is 3.05. The average molecular weight is 557 g/mol. The van der Waals surface area contributed by atoms with Crippen molar-refractivity contribution in [2.45, 2.75) is 45.7 Å². The highest BCUT2D eigenvalue weighted by atomic mass is 16.6. The molecule has 0 fully saturated rings. The topological polar surface area (TPSA) is 83.5 Å². The molecule has 4 rings (SSSR count). The van der Waals surface area contributed by atoms with Gasteiger partial charge in [-0.15, -0.1) is 0 Å².